The standard InChI is InChI=1S/C18H20N2O6/c1-4-24-12-7-5-6-8-13(12)25-9-14(22)20-18-16(17(19)23)15(10(2)21)11(3)26-18/h5-8H,4,9H2,1-3H3,(H2,19,23)(H,20,22). The molecule has 0 unspecified atom stereocenters. The quantitative estimate of drug-likeness (QED) is 0.697. The van der Waals surface area contributed by atoms with E-state index in [2.05, 4.69) is 5.32 Å². The molecule has 2 rings (SSSR count). The molecule has 0 radical (unpaired) electrons. The number of para-hydroxylation sites is 2. The SMILES string of the molecule is CCOc1ccccc1OCC(=O)Nc1oc(C)c(C(C)=O)c1C(N)=O. The Bertz CT molecular complexity index is 840. The normalized spacial score (nSPS) is 10.3. The molecule has 0 saturated heterocycles. The van der Waals surface area contributed by atoms with Gasteiger partial charge in [0.25, 0.3) is 11.8 Å². The maximum absolute atomic E-state index is 12.1. The molecule has 8 heteroatoms. The van der Waals surface area contributed by atoms with Crippen LogP contribution in [-0.4, -0.2) is 30.8 Å². The smallest absolute Gasteiger partial charge is 0.264 e. The van der Waals surface area contributed by atoms with Crippen LogP contribution < -0.4 is 20.5 Å². The molecular weight excluding hydrogens is 340 g/mol. The first-order valence-electron chi connectivity index (χ1n) is 7.93. The average molecular weight is 360 g/mol. The predicted molar refractivity (Wildman–Crippen MR) is 93.7 cm³/mol. The van der Waals surface area contributed by atoms with E-state index in [9.17, 15) is 14.4 Å². The zero-order valence-electron chi connectivity index (χ0n) is 14.8. The summed E-state index contributed by atoms with van der Waals surface area (Å²) in [5.41, 5.74) is 5.21. The first kappa shape index (κ1) is 19.0. The number of primary amides is 1. The summed E-state index contributed by atoms with van der Waals surface area (Å²) in [6.07, 6.45) is 0. The molecule has 138 valence electrons. The Morgan fingerprint density at radius 2 is 1.73 bits per heavy atom. The molecule has 0 saturated carbocycles. The largest absolute Gasteiger partial charge is 0.490 e. The van der Waals surface area contributed by atoms with Crippen LogP contribution in [0, 0.1) is 6.92 Å². The highest BCUT2D eigenvalue weighted by Gasteiger charge is 2.26. The van der Waals surface area contributed by atoms with Gasteiger partial charge in [0, 0.05) is 0 Å². The third-order valence-corrected chi connectivity index (χ3v) is 3.44. The van der Waals surface area contributed by atoms with Crippen molar-refractivity contribution in [2.24, 2.45) is 5.73 Å². The van der Waals surface area contributed by atoms with E-state index < -0.39 is 11.8 Å². The first-order chi connectivity index (χ1) is 12.3. The van der Waals surface area contributed by atoms with Gasteiger partial charge in [0.2, 0.25) is 5.88 Å². The minimum absolute atomic E-state index is 0.0513. The average Bonchev–Trinajstić information content (AvgIpc) is 2.90. The lowest BCUT2D eigenvalue weighted by Crippen LogP contribution is -2.23. The van der Waals surface area contributed by atoms with Crippen molar-refractivity contribution in [3.63, 3.8) is 0 Å². The van der Waals surface area contributed by atoms with Gasteiger partial charge in [-0.25, -0.2) is 0 Å². The Labute approximate surface area is 150 Å². The molecule has 0 bridgehead atoms. The lowest BCUT2D eigenvalue weighted by molar-refractivity contribution is -0.118. The molecule has 0 aliphatic heterocycles. The number of hydrogen-bond donors (Lipinski definition) is 2. The molecule has 3 N–H and O–H groups in total. The van der Waals surface area contributed by atoms with E-state index in [-0.39, 0.29) is 35.2 Å². The van der Waals surface area contributed by atoms with Gasteiger partial charge in [0.05, 0.1) is 12.2 Å². The van der Waals surface area contributed by atoms with Crippen molar-refractivity contribution in [1.29, 1.82) is 0 Å². The number of amides is 2. The van der Waals surface area contributed by atoms with Crippen LogP contribution in [0.5, 0.6) is 11.5 Å². The maximum atomic E-state index is 12.1. The molecule has 0 aliphatic rings. The Morgan fingerprint density at radius 3 is 2.27 bits per heavy atom. The van der Waals surface area contributed by atoms with E-state index in [0.29, 0.717) is 18.1 Å². The molecule has 2 aromatic rings. The number of aryl methyl sites for hydroxylation is 1. The predicted octanol–water partition coefficient (Wildman–Crippen LogP) is 2.31. The minimum atomic E-state index is -0.870. The van der Waals surface area contributed by atoms with Crippen molar-refractivity contribution in [2.75, 3.05) is 18.5 Å². The summed E-state index contributed by atoms with van der Waals surface area (Å²) in [6.45, 7) is 4.73. The Kier molecular flexibility index (Phi) is 6.00. The van der Waals surface area contributed by atoms with Crippen LogP contribution in [0.25, 0.3) is 0 Å². The number of ether oxygens (including phenoxy) is 2. The Balaban J connectivity index is 2.13. The van der Waals surface area contributed by atoms with Crippen molar-refractivity contribution in [1.82, 2.24) is 0 Å². The maximum Gasteiger partial charge on any atom is 0.264 e. The topological polar surface area (TPSA) is 121 Å². The molecule has 0 atom stereocenters. The van der Waals surface area contributed by atoms with Crippen LogP contribution in [0.2, 0.25) is 0 Å². The number of nitrogens with one attached hydrogen (secondary N) is 1. The Hall–Kier alpha value is -3.29. The zero-order valence-corrected chi connectivity index (χ0v) is 14.8. The summed E-state index contributed by atoms with van der Waals surface area (Å²) in [5.74, 6) is -0.904. The third kappa shape index (κ3) is 4.21. The van der Waals surface area contributed by atoms with Crippen LogP contribution in [0.4, 0.5) is 5.88 Å². The van der Waals surface area contributed by atoms with Crippen LogP contribution >= 0.6 is 0 Å². The van der Waals surface area contributed by atoms with Crippen molar-refractivity contribution in [2.45, 2.75) is 20.8 Å². The van der Waals surface area contributed by atoms with Gasteiger partial charge in [-0.1, -0.05) is 12.1 Å². The zero-order chi connectivity index (χ0) is 19.3. The lowest BCUT2D eigenvalue weighted by Gasteiger charge is -2.11. The van der Waals surface area contributed by atoms with Gasteiger partial charge in [0.15, 0.2) is 23.9 Å². The number of carbonyl (C=O) groups excluding carboxylic acids is 3. The van der Waals surface area contributed by atoms with Crippen molar-refractivity contribution in [3.05, 3.63) is 41.2 Å². The second-order valence-electron chi connectivity index (χ2n) is 5.37. The van der Waals surface area contributed by atoms with Gasteiger partial charge in [-0.2, -0.15) is 0 Å². The van der Waals surface area contributed by atoms with Gasteiger partial charge < -0.3 is 19.6 Å². The van der Waals surface area contributed by atoms with Gasteiger partial charge in [-0.15, -0.1) is 0 Å². The second kappa shape index (κ2) is 8.19. The summed E-state index contributed by atoms with van der Waals surface area (Å²) in [6, 6.07) is 6.91. The van der Waals surface area contributed by atoms with Gasteiger partial charge in [0.1, 0.15) is 11.3 Å². The number of rotatable bonds is 8. The van der Waals surface area contributed by atoms with Crippen molar-refractivity contribution in [3.8, 4) is 11.5 Å². The first-order valence-corrected chi connectivity index (χ1v) is 7.93. The summed E-state index contributed by atoms with van der Waals surface area (Å²) in [7, 11) is 0. The summed E-state index contributed by atoms with van der Waals surface area (Å²) >= 11 is 0. The van der Waals surface area contributed by atoms with E-state index in [1.165, 1.54) is 13.8 Å². The van der Waals surface area contributed by atoms with Crippen LogP contribution in [0.3, 0.4) is 0 Å². The number of Topliss-reactive ketones (excluding diaryl/α,β-unsaturated/α-hetero) is 1. The van der Waals surface area contributed by atoms with Gasteiger partial charge in [-0.3, -0.25) is 19.7 Å². The number of benzene rings is 1. The van der Waals surface area contributed by atoms with Crippen LogP contribution in [0.15, 0.2) is 28.7 Å². The highest BCUT2D eigenvalue weighted by Crippen LogP contribution is 2.28. The van der Waals surface area contributed by atoms with E-state index >= 15 is 0 Å². The lowest BCUT2D eigenvalue weighted by atomic mass is 10.1. The molecule has 0 aliphatic carbocycles. The molecule has 8 nitrogen and oxygen atoms in total. The summed E-state index contributed by atoms with van der Waals surface area (Å²) in [4.78, 5) is 35.5. The van der Waals surface area contributed by atoms with E-state index in [1.54, 1.807) is 24.3 Å². The highest BCUT2D eigenvalue weighted by atomic mass is 16.5. The second-order valence-corrected chi connectivity index (χ2v) is 5.37. The van der Waals surface area contributed by atoms with E-state index in [1.807, 2.05) is 6.92 Å². The molecule has 0 fully saturated rings. The molecule has 0 spiro atoms. The molecule has 2 amide bonds. The highest BCUT2D eigenvalue weighted by molar-refractivity contribution is 6.12. The number of nitrogens with two attached hydrogens (primary N) is 1. The van der Waals surface area contributed by atoms with Crippen LogP contribution in [-0.2, 0) is 4.79 Å². The monoisotopic (exact) mass is 360 g/mol. The van der Waals surface area contributed by atoms with E-state index in [4.69, 9.17) is 19.6 Å². The molecule has 26 heavy (non-hydrogen) atoms. The van der Waals surface area contributed by atoms with Gasteiger partial charge >= 0.3 is 0 Å². The molecule has 1 aromatic carbocycles. The molecule has 1 heterocycles. The number of furan rings is 1. The molecular formula is C18H20N2O6. The number of ketones is 1. The summed E-state index contributed by atoms with van der Waals surface area (Å²) in [5, 5.41) is 2.41. The number of hydrogen-bond acceptors (Lipinski definition) is 6. The van der Waals surface area contributed by atoms with Crippen molar-refractivity contribution < 1.29 is 28.3 Å². The summed E-state index contributed by atoms with van der Waals surface area (Å²) < 4.78 is 16.2. The third-order valence-electron chi connectivity index (χ3n) is 3.44. The number of anilines is 1. The van der Waals surface area contributed by atoms with Crippen molar-refractivity contribution >= 4 is 23.5 Å². The fourth-order valence-corrected chi connectivity index (χ4v) is 2.44. The number of carbonyl (C=O) groups is 3. The minimum Gasteiger partial charge on any atom is -0.490 e. The fraction of sp³-hybridized carbons (Fsp3) is 0.278. The van der Waals surface area contributed by atoms with Crippen LogP contribution in [0.1, 0.15) is 40.3 Å². The molecule has 1 aromatic heterocycles. The Morgan fingerprint density at radius 1 is 1.12 bits per heavy atom. The fourth-order valence-electron chi connectivity index (χ4n) is 2.44. The van der Waals surface area contributed by atoms with E-state index in [0.717, 1.165) is 0 Å². The van der Waals surface area contributed by atoms with Gasteiger partial charge in [-0.05, 0) is 32.9 Å².